The summed E-state index contributed by atoms with van der Waals surface area (Å²) in [4.78, 5) is 0. The molecule has 0 heterocycles. The van der Waals surface area contributed by atoms with Crippen LogP contribution in [0.2, 0.25) is 0 Å². The van der Waals surface area contributed by atoms with Gasteiger partial charge in [-0.3, -0.25) is 0 Å². The van der Waals surface area contributed by atoms with Crippen LogP contribution in [-0.4, -0.2) is 198 Å². The van der Waals surface area contributed by atoms with Crippen molar-refractivity contribution in [3.63, 3.8) is 0 Å². The second-order valence-electron chi connectivity index (χ2n) is 17.0. The fourth-order valence-electron chi connectivity index (χ4n) is 6.93. The molecule has 420 valence electrons. The molecular weight excluding hydrogens is 979 g/mol. The molecule has 0 saturated carbocycles. The van der Waals surface area contributed by atoms with Crippen molar-refractivity contribution in [2.75, 3.05) is 186 Å². The molecule has 0 aliphatic heterocycles. The maximum absolute atomic E-state index is 10.1. The van der Waals surface area contributed by atoms with Crippen LogP contribution < -0.4 is 9.47 Å². The number of methoxy groups -OCH3 is 2. The highest BCUT2D eigenvalue weighted by Gasteiger charge is 2.09. The lowest BCUT2D eigenvalue weighted by Crippen LogP contribution is -2.21. The van der Waals surface area contributed by atoms with E-state index in [-0.39, 0.29) is 12.2 Å². The molecule has 0 unspecified atom stereocenters. The molecule has 0 radical (unpaired) electrons. The van der Waals surface area contributed by atoms with Crippen molar-refractivity contribution < 1.29 is 75.8 Å². The lowest BCUT2D eigenvalue weighted by molar-refractivity contribution is -0.0223. The molecule has 0 aliphatic carbocycles. The molecular formula is C59H83NO16. The van der Waals surface area contributed by atoms with Gasteiger partial charge < -0.3 is 75.8 Å². The molecule has 4 rings (SSSR count). The highest BCUT2D eigenvalue weighted by Crippen LogP contribution is 2.28. The molecule has 0 amide bonds. The third-order valence-corrected chi connectivity index (χ3v) is 10.9. The molecule has 0 spiro atoms. The monoisotopic (exact) mass is 1060 g/mol. The van der Waals surface area contributed by atoms with Crippen LogP contribution in [-0.2, 0) is 66.3 Å². The normalized spacial score (nSPS) is 12.4. The van der Waals surface area contributed by atoms with Gasteiger partial charge in [0.05, 0.1) is 183 Å². The predicted molar refractivity (Wildman–Crippen MR) is 291 cm³/mol. The Balaban J connectivity index is 1.02. The van der Waals surface area contributed by atoms with Gasteiger partial charge in [-0.15, -0.1) is 0 Å². The van der Waals surface area contributed by atoms with Crippen molar-refractivity contribution >= 4 is 11.6 Å². The van der Waals surface area contributed by atoms with Gasteiger partial charge in [0.15, 0.2) is 0 Å². The van der Waals surface area contributed by atoms with Gasteiger partial charge in [0.1, 0.15) is 23.7 Å². The number of hydrogen-bond donors (Lipinski definition) is 0. The first-order valence-electron chi connectivity index (χ1n) is 26.3. The fourth-order valence-corrected chi connectivity index (χ4v) is 6.93. The smallest absolute Gasteiger partial charge is 0.119 e. The van der Waals surface area contributed by atoms with E-state index in [4.69, 9.17) is 75.8 Å². The summed E-state index contributed by atoms with van der Waals surface area (Å²) in [6.45, 7) is 17.2. The molecule has 0 fully saturated rings. The molecule has 76 heavy (non-hydrogen) atoms. The van der Waals surface area contributed by atoms with Crippen molar-refractivity contribution in [3.05, 3.63) is 108 Å². The second-order valence-corrected chi connectivity index (χ2v) is 17.0. The highest BCUT2D eigenvalue weighted by atomic mass is 16.6. The van der Waals surface area contributed by atoms with Crippen molar-refractivity contribution in [3.8, 4) is 39.8 Å². The van der Waals surface area contributed by atoms with Crippen LogP contribution in [0.4, 0.5) is 0 Å². The zero-order valence-electron chi connectivity index (χ0n) is 45.3. The van der Waals surface area contributed by atoms with E-state index >= 15 is 0 Å². The molecule has 17 heteroatoms. The van der Waals surface area contributed by atoms with Gasteiger partial charge in [-0.05, 0) is 77.6 Å². The van der Waals surface area contributed by atoms with E-state index in [0.29, 0.717) is 177 Å². The first-order chi connectivity index (χ1) is 37.5. The van der Waals surface area contributed by atoms with Crippen molar-refractivity contribution in [1.29, 1.82) is 5.26 Å². The summed E-state index contributed by atoms with van der Waals surface area (Å²) in [6.07, 6.45) is 1.64. The Bertz CT molecular complexity index is 2070. The number of nitrogens with zero attached hydrogens (tertiary/aromatic N) is 1. The van der Waals surface area contributed by atoms with E-state index in [1.54, 1.807) is 14.2 Å². The van der Waals surface area contributed by atoms with E-state index in [1.807, 2.05) is 105 Å². The summed E-state index contributed by atoms with van der Waals surface area (Å²) in [5, 5.41) is 10.1. The van der Waals surface area contributed by atoms with Crippen LogP contribution in [0, 0.1) is 11.3 Å². The minimum atomic E-state index is -0.136. The van der Waals surface area contributed by atoms with E-state index in [1.165, 1.54) is 0 Å². The molecule has 2 atom stereocenters. The molecule has 0 bridgehead atoms. The van der Waals surface area contributed by atoms with E-state index in [9.17, 15) is 5.26 Å². The lowest BCUT2D eigenvalue weighted by Gasteiger charge is -2.15. The summed E-state index contributed by atoms with van der Waals surface area (Å²) in [5.74, 6) is 1.52. The van der Waals surface area contributed by atoms with E-state index < -0.39 is 0 Å². The Kier molecular flexibility index (Phi) is 36.2. The number of ether oxygens (including phenoxy) is 16. The van der Waals surface area contributed by atoms with Gasteiger partial charge in [0, 0.05) is 14.2 Å². The first-order valence-corrected chi connectivity index (χ1v) is 26.3. The Morgan fingerprint density at radius 1 is 0.355 bits per heavy atom. The van der Waals surface area contributed by atoms with Crippen molar-refractivity contribution in [1.82, 2.24) is 0 Å². The molecule has 4 aromatic rings. The number of benzene rings is 4. The molecule has 0 N–H and O–H groups in total. The average Bonchev–Trinajstić information content (AvgIpc) is 3.44. The van der Waals surface area contributed by atoms with Gasteiger partial charge in [0.2, 0.25) is 0 Å². The third kappa shape index (κ3) is 30.2. The largest absolute Gasteiger partial charge is 0.488 e. The quantitative estimate of drug-likeness (QED) is 0.0236. The zero-order chi connectivity index (χ0) is 53.8. The minimum absolute atomic E-state index is 0.131. The Labute approximate surface area is 451 Å². The van der Waals surface area contributed by atoms with Crippen LogP contribution in [0.25, 0.3) is 33.9 Å². The first kappa shape index (κ1) is 63.7. The summed E-state index contributed by atoms with van der Waals surface area (Å²) >= 11 is 0. The lowest BCUT2D eigenvalue weighted by atomic mass is 9.98. The van der Waals surface area contributed by atoms with Crippen LogP contribution in [0.5, 0.6) is 11.5 Å². The van der Waals surface area contributed by atoms with E-state index in [2.05, 4.69) is 18.2 Å². The standard InChI is InChI=1S/C59H83NO16/c1-49(47-73-43-41-71-39-37-69-35-33-67-31-29-65-27-25-63-23-21-61-3)75-58-17-13-54(14-18-58)52-7-5-51(6-8-52)45-57(46-60)56-11-9-53(10-12-56)55-15-19-59(20-16-55)76-50(2)48-74-44-42-72-40-38-70-36-34-68-32-30-66-28-26-64-24-22-62-4/h5-20,45,49-50H,21-44,47-48H2,1-4H3/b57-45+/t49-,50-/m1/s1. The Morgan fingerprint density at radius 3 is 0.882 bits per heavy atom. The maximum Gasteiger partial charge on any atom is 0.119 e. The number of allylic oxidation sites excluding steroid dienone is 1. The van der Waals surface area contributed by atoms with Gasteiger partial charge in [0.25, 0.3) is 0 Å². The van der Waals surface area contributed by atoms with Gasteiger partial charge in [-0.2, -0.15) is 5.26 Å². The van der Waals surface area contributed by atoms with Crippen LogP contribution >= 0.6 is 0 Å². The summed E-state index contributed by atoms with van der Waals surface area (Å²) in [6, 6.07) is 34.5. The number of rotatable bonds is 48. The van der Waals surface area contributed by atoms with Gasteiger partial charge in [-0.25, -0.2) is 0 Å². The van der Waals surface area contributed by atoms with Gasteiger partial charge in [-0.1, -0.05) is 72.8 Å². The van der Waals surface area contributed by atoms with Crippen molar-refractivity contribution in [2.24, 2.45) is 0 Å². The maximum atomic E-state index is 10.1. The van der Waals surface area contributed by atoms with E-state index in [0.717, 1.165) is 44.9 Å². The number of hydrogen-bond acceptors (Lipinski definition) is 17. The number of nitriles is 1. The topological polar surface area (TPSA) is 171 Å². The van der Waals surface area contributed by atoms with Crippen LogP contribution in [0.15, 0.2) is 97.1 Å². The summed E-state index contributed by atoms with van der Waals surface area (Å²) < 4.78 is 88.3. The Morgan fingerprint density at radius 2 is 0.605 bits per heavy atom. The van der Waals surface area contributed by atoms with Gasteiger partial charge >= 0.3 is 0 Å². The minimum Gasteiger partial charge on any atom is -0.488 e. The molecule has 0 saturated heterocycles. The third-order valence-electron chi connectivity index (χ3n) is 10.9. The SMILES string of the molecule is COCCOCCOCCOCCOCCOCCOC[C@@H](C)Oc1ccc(-c2ccc(/C=C(\C#N)c3ccc(-c4ccc(O[C@H](C)COCCOCCOCCOCCOCCOCCOC)cc4)cc3)cc2)cc1. The van der Waals surface area contributed by atoms with Crippen molar-refractivity contribution in [2.45, 2.75) is 26.1 Å². The molecule has 0 aromatic heterocycles. The second kappa shape index (κ2) is 43.2. The highest BCUT2D eigenvalue weighted by molar-refractivity contribution is 5.90. The molecule has 17 nitrogen and oxygen atoms in total. The fraction of sp³-hybridized carbons (Fsp3) is 0.542. The average molecular weight is 1060 g/mol. The molecule has 4 aromatic carbocycles. The summed E-state index contributed by atoms with van der Waals surface area (Å²) in [7, 11) is 3.29. The molecule has 0 aliphatic rings. The zero-order valence-corrected chi connectivity index (χ0v) is 45.3. The summed E-state index contributed by atoms with van der Waals surface area (Å²) in [5.41, 5.74) is 6.57. The van der Waals surface area contributed by atoms with Crippen LogP contribution in [0.3, 0.4) is 0 Å². The Hall–Kier alpha value is -4.85. The van der Waals surface area contributed by atoms with Crippen LogP contribution in [0.1, 0.15) is 25.0 Å². The predicted octanol–water partition coefficient (Wildman–Crippen LogP) is 8.11.